The maximum absolute atomic E-state index is 11.9. The summed E-state index contributed by atoms with van der Waals surface area (Å²) in [6.45, 7) is 2.02. The number of nitrogens with one attached hydrogen (secondary N) is 1. The second-order valence-electron chi connectivity index (χ2n) is 6.99. The Morgan fingerprint density at radius 1 is 1.24 bits per heavy atom. The molecule has 1 aliphatic heterocycles. The number of carbonyl (C=O) groups excluding carboxylic acids is 1. The maximum Gasteiger partial charge on any atom is 0.243 e. The van der Waals surface area contributed by atoms with Crippen molar-refractivity contribution in [2.45, 2.75) is 44.7 Å². The Morgan fingerprint density at radius 2 is 1.92 bits per heavy atom. The molecule has 0 saturated heterocycles. The first-order valence-corrected chi connectivity index (χ1v) is 8.96. The van der Waals surface area contributed by atoms with Gasteiger partial charge in [-0.05, 0) is 30.4 Å². The number of rotatable bonds is 3. The van der Waals surface area contributed by atoms with Crippen molar-refractivity contribution in [3.8, 4) is 0 Å². The summed E-state index contributed by atoms with van der Waals surface area (Å²) < 4.78 is 0. The van der Waals surface area contributed by atoms with Gasteiger partial charge in [-0.3, -0.25) is 4.79 Å². The van der Waals surface area contributed by atoms with E-state index >= 15 is 0 Å². The summed E-state index contributed by atoms with van der Waals surface area (Å²) >= 11 is 0. The number of aliphatic imine (C=N–C) groups is 1. The molecule has 0 spiro atoms. The van der Waals surface area contributed by atoms with Crippen molar-refractivity contribution >= 4 is 35.8 Å². The van der Waals surface area contributed by atoms with Gasteiger partial charge in [0.05, 0.1) is 0 Å². The van der Waals surface area contributed by atoms with Gasteiger partial charge in [0.1, 0.15) is 6.54 Å². The summed E-state index contributed by atoms with van der Waals surface area (Å²) in [6, 6.07) is 9.11. The summed E-state index contributed by atoms with van der Waals surface area (Å²) in [7, 11) is 3.55. The Labute approximate surface area is 167 Å². The molecule has 0 bridgehead atoms. The predicted octanol–water partition coefficient (Wildman–Crippen LogP) is 2.64. The van der Waals surface area contributed by atoms with Gasteiger partial charge in [0.25, 0.3) is 0 Å². The van der Waals surface area contributed by atoms with Gasteiger partial charge in [0.2, 0.25) is 5.91 Å². The number of carbonyl (C=O) groups is 1. The first-order chi connectivity index (χ1) is 11.6. The highest BCUT2D eigenvalue weighted by molar-refractivity contribution is 14.0. The van der Waals surface area contributed by atoms with Crippen LogP contribution in [0.5, 0.6) is 0 Å². The lowest BCUT2D eigenvalue weighted by Gasteiger charge is -2.33. The van der Waals surface area contributed by atoms with Crippen molar-refractivity contribution in [3.63, 3.8) is 0 Å². The van der Waals surface area contributed by atoms with Crippen LogP contribution in [0.4, 0.5) is 0 Å². The number of hydrogen-bond donors (Lipinski definition) is 1. The molecule has 1 fully saturated rings. The molecule has 138 valence electrons. The summed E-state index contributed by atoms with van der Waals surface area (Å²) in [5.74, 6) is 0.935. The van der Waals surface area contributed by atoms with E-state index in [-0.39, 0.29) is 36.4 Å². The molecule has 1 saturated carbocycles. The van der Waals surface area contributed by atoms with E-state index in [1.807, 2.05) is 0 Å². The van der Waals surface area contributed by atoms with Gasteiger partial charge in [-0.1, -0.05) is 37.1 Å². The molecule has 6 heteroatoms. The van der Waals surface area contributed by atoms with Gasteiger partial charge in [-0.25, -0.2) is 4.99 Å². The molecular formula is C19H29IN4O. The minimum atomic E-state index is 0. The summed E-state index contributed by atoms with van der Waals surface area (Å²) in [6.07, 6.45) is 5.99. The van der Waals surface area contributed by atoms with Gasteiger partial charge in [-0.2, -0.15) is 0 Å². The monoisotopic (exact) mass is 456 g/mol. The van der Waals surface area contributed by atoms with Gasteiger partial charge in [-0.15, -0.1) is 24.0 Å². The number of amides is 1. The number of guanidine groups is 1. The minimum Gasteiger partial charge on any atom is -0.353 e. The van der Waals surface area contributed by atoms with Crippen molar-refractivity contribution in [2.24, 2.45) is 4.99 Å². The molecule has 1 aliphatic carbocycles. The lowest BCUT2D eigenvalue weighted by atomic mass is 10.0. The lowest BCUT2D eigenvalue weighted by Crippen LogP contribution is -2.47. The number of halogens is 1. The summed E-state index contributed by atoms with van der Waals surface area (Å²) in [5.41, 5.74) is 2.79. The zero-order chi connectivity index (χ0) is 16.9. The Morgan fingerprint density at radius 3 is 2.60 bits per heavy atom. The Bertz CT molecular complexity index is 611. The minimum absolute atomic E-state index is 0. The third kappa shape index (κ3) is 5.33. The first-order valence-electron chi connectivity index (χ1n) is 8.96. The highest BCUT2D eigenvalue weighted by Crippen LogP contribution is 2.21. The zero-order valence-corrected chi connectivity index (χ0v) is 17.5. The van der Waals surface area contributed by atoms with E-state index in [2.05, 4.69) is 39.5 Å². The molecule has 1 aromatic carbocycles. The molecular weight excluding hydrogens is 427 g/mol. The van der Waals surface area contributed by atoms with E-state index in [1.165, 1.54) is 36.8 Å². The van der Waals surface area contributed by atoms with Crippen LogP contribution in [0.25, 0.3) is 0 Å². The van der Waals surface area contributed by atoms with Crippen LogP contribution in [0, 0.1) is 0 Å². The molecule has 0 atom stereocenters. The number of fused-ring (bicyclic) bond motifs is 1. The quantitative estimate of drug-likeness (QED) is 0.432. The standard InChI is InChI=1S/C19H28N4O.HI/c1-22(2)18(24)13-20-19(21-17-9-5-6-10-17)23-12-11-15-7-3-4-8-16(15)14-23;/h3-4,7-8,17H,5-6,9-14H2,1-2H3,(H,20,21);1H. The maximum atomic E-state index is 11.9. The normalized spacial score (nSPS) is 17.7. The van der Waals surface area contributed by atoms with Crippen LogP contribution < -0.4 is 5.32 Å². The largest absolute Gasteiger partial charge is 0.353 e. The number of likely N-dealkylation sites (N-methyl/N-ethyl adjacent to an activating group) is 1. The average Bonchev–Trinajstić information content (AvgIpc) is 3.10. The van der Waals surface area contributed by atoms with Crippen LogP contribution in [0.1, 0.15) is 36.8 Å². The third-order valence-corrected chi connectivity index (χ3v) is 4.98. The van der Waals surface area contributed by atoms with Crippen LogP contribution in [-0.2, 0) is 17.8 Å². The molecule has 1 amide bonds. The average molecular weight is 456 g/mol. The molecule has 0 radical (unpaired) electrons. The Hall–Kier alpha value is -1.31. The highest BCUT2D eigenvalue weighted by Gasteiger charge is 2.23. The molecule has 1 N–H and O–H groups in total. The van der Waals surface area contributed by atoms with Crippen molar-refractivity contribution in [1.82, 2.24) is 15.1 Å². The van der Waals surface area contributed by atoms with E-state index in [9.17, 15) is 4.79 Å². The Kier molecular flexibility index (Phi) is 7.53. The number of benzene rings is 1. The number of nitrogens with zero attached hydrogens (tertiary/aromatic N) is 3. The first kappa shape index (κ1) is 20.0. The smallest absolute Gasteiger partial charge is 0.243 e. The lowest BCUT2D eigenvalue weighted by molar-refractivity contribution is -0.127. The van der Waals surface area contributed by atoms with Gasteiger partial charge >= 0.3 is 0 Å². The SMILES string of the molecule is CN(C)C(=O)CN=C(NC1CCCC1)N1CCc2ccccc2C1.I. The highest BCUT2D eigenvalue weighted by atomic mass is 127. The predicted molar refractivity (Wildman–Crippen MR) is 112 cm³/mol. The molecule has 5 nitrogen and oxygen atoms in total. The van der Waals surface area contributed by atoms with Crippen LogP contribution >= 0.6 is 24.0 Å². The molecule has 1 heterocycles. The fraction of sp³-hybridized carbons (Fsp3) is 0.579. The molecule has 0 aromatic heterocycles. The summed E-state index contributed by atoms with van der Waals surface area (Å²) in [4.78, 5) is 20.5. The second kappa shape index (κ2) is 9.40. The van der Waals surface area contributed by atoms with Crippen molar-refractivity contribution in [1.29, 1.82) is 0 Å². The van der Waals surface area contributed by atoms with Gasteiger partial charge in [0.15, 0.2) is 5.96 Å². The summed E-state index contributed by atoms with van der Waals surface area (Å²) in [5, 5.41) is 3.62. The van der Waals surface area contributed by atoms with Gasteiger partial charge < -0.3 is 15.1 Å². The topological polar surface area (TPSA) is 47.9 Å². The molecule has 25 heavy (non-hydrogen) atoms. The van der Waals surface area contributed by atoms with E-state index in [4.69, 9.17) is 0 Å². The molecule has 0 unspecified atom stereocenters. The van der Waals surface area contributed by atoms with Crippen molar-refractivity contribution in [3.05, 3.63) is 35.4 Å². The fourth-order valence-corrected chi connectivity index (χ4v) is 3.45. The van der Waals surface area contributed by atoms with E-state index < -0.39 is 0 Å². The molecule has 3 rings (SSSR count). The fourth-order valence-electron chi connectivity index (χ4n) is 3.45. The van der Waals surface area contributed by atoms with Crippen LogP contribution in [0.3, 0.4) is 0 Å². The van der Waals surface area contributed by atoms with E-state index in [1.54, 1.807) is 19.0 Å². The van der Waals surface area contributed by atoms with E-state index in [0.717, 1.165) is 25.5 Å². The van der Waals surface area contributed by atoms with Crippen molar-refractivity contribution < 1.29 is 4.79 Å². The molecule has 1 aromatic rings. The van der Waals surface area contributed by atoms with E-state index in [0.29, 0.717) is 6.04 Å². The Balaban J connectivity index is 0.00000225. The van der Waals surface area contributed by atoms with Crippen LogP contribution in [0.2, 0.25) is 0 Å². The third-order valence-electron chi connectivity index (χ3n) is 4.98. The second-order valence-corrected chi connectivity index (χ2v) is 6.99. The molecule has 2 aliphatic rings. The van der Waals surface area contributed by atoms with Crippen LogP contribution in [0.15, 0.2) is 29.3 Å². The van der Waals surface area contributed by atoms with Crippen LogP contribution in [-0.4, -0.2) is 54.9 Å². The van der Waals surface area contributed by atoms with Crippen molar-refractivity contribution in [2.75, 3.05) is 27.2 Å². The van der Waals surface area contributed by atoms with Gasteiger partial charge in [0, 0.05) is 33.2 Å². The number of hydrogen-bond acceptors (Lipinski definition) is 2. The zero-order valence-electron chi connectivity index (χ0n) is 15.2.